The summed E-state index contributed by atoms with van der Waals surface area (Å²) in [7, 11) is 0. The number of rotatable bonds is 4. The van der Waals surface area contributed by atoms with E-state index < -0.39 is 0 Å². The fourth-order valence-electron chi connectivity index (χ4n) is 4.40. The number of benzene rings is 1. The first-order valence-electron chi connectivity index (χ1n) is 10.5. The number of nitriles is 1. The summed E-state index contributed by atoms with van der Waals surface area (Å²) >= 11 is 6.12. The number of piperidine rings is 1. The number of nitrogens with zero attached hydrogens (tertiary/aromatic N) is 6. The summed E-state index contributed by atoms with van der Waals surface area (Å²) < 4.78 is 0. The Balaban J connectivity index is 1.24. The Bertz CT molecular complexity index is 1100. The van der Waals surface area contributed by atoms with E-state index in [2.05, 4.69) is 38.0 Å². The van der Waals surface area contributed by atoms with Gasteiger partial charge in [-0.05, 0) is 49.4 Å². The van der Waals surface area contributed by atoms with Crippen LogP contribution in [0, 0.1) is 23.2 Å². The van der Waals surface area contributed by atoms with Crippen LogP contribution >= 0.6 is 11.6 Å². The number of pyridine rings is 1. The predicted octanol–water partition coefficient (Wildman–Crippen LogP) is 4.10. The molecule has 2 fully saturated rings. The van der Waals surface area contributed by atoms with Crippen molar-refractivity contribution in [1.29, 1.82) is 5.26 Å². The van der Waals surface area contributed by atoms with Crippen LogP contribution in [-0.4, -0.2) is 41.1 Å². The fourth-order valence-corrected chi connectivity index (χ4v) is 4.57. The second-order valence-electron chi connectivity index (χ2n) is 8.20. The van der Waals surface area contributed by atoms with Gasteiger partial charge in [-0.15, -0.1) is 0 Å². The SMILES string of the molecule is N#CC1CCN(c2nccnc2CC2CN(c3ccc4ccc(Cl)cc4n3)C2)CC1. The Labute approximate surface area is 181 Å². The minimum absolute atomic E-state index is 0.172. The normalized spacial score (nSPS) is 17.7. The average molecular weight is 419 g/mol. The molecule has 0 radical (unpaired) electrons. The number of anilines is 2. The van der Waals surface area contributed by atoms with E-state index in [0.717, 1.165) is 73.7 Å². The van der Waals surface area contributed by atoms with Gasteiger partial charge in [0.05, 0.1) is 17.3 Å². The second kappa shape index (κ2) is 8.08. The summed E-state index contributed by atoms with van der Waals surface area (Å²) in [6, 6.07) is 12.4. The highest BCUT2D eigenvalue weighted by molar-refractivity contribution is 6.31. The minimum atomic E-state index is 0.172. The van der Waals surface area contributed by atoms with Crippen molar-refractivity contribution >= 4 is 34.1 Å². The molecule has 0 bridgehead atoms. The fraction of sp³-hybridized carbons (Fsp3) is 0.391. The van der Waals surface area contributed by atoms with Gasteiger partial charge >= 0.3 is 0 Å². The van der Waals surface area contributed by atoms with Crippen molar-refractivity contribution < 1.29 is 0 Å². The summed E-state index contributed by atoms with van der Waals surface area (Å²) in [5, 5.41) is 11.0. The molecule has 0 spiro atoms. The van der Waals surface area contributed by atoms with E-state index in [1.54, 1.807) is 12.4 Å². The second-order valence-corrected chi connectivity index (χ2v) is 8.64. The Morgan fingerprint density at radius 1 is 1.03 bits per heavy atom. The van der Waals surface area contributed by atoms with Gasteiger partial charge in [-0.3, -0.25) is 4.98 Å². The molecule has 152 valence electrons. The molecule has 2 aliphatic rings. The number of halogens is 1. The van der Waals surface area contributed by atoms with Gasteiger partial charge in [-0.1, -0.05) is 17.7 Å². The Morgan fingerprint density at radius 2 is 1.80 bits per heavy atom. The third-order valence-electron chi connectivity index (χ3n) is 6.13. The summed E-state index contributed by atoms with van der Waals surface area (Å²) in [5.41, 5.74) is 2.00. The van der Waals surface area contributed by atoms with Crippen molar-refractivity contribution in [3.05, 3.63) is 53.4 Å². The first-order chi connectivity index (χ1) is 14.7. The molecule has 6 nitrogen and oxygen atoms in total. The highest BCUT2D eigenvalue weighted by Gasteiger charge is 2.30. The van der Waals surface area contributed by atoms with Crippen LogP contribution in [-0.2, 0) is 6.42 Å². The number of hydrogen-bond donors (Lipinski definition) is 0. The molecule has 30 heavy (non-hydrogen) atoms. The van der Waals surface area contributed by atoms with Gasteiger partial charge in [0.15, 0.2) is 0 Å². The molecule has 2 aromatic heterocycles. The topological polar surface area (TPSA) is 68.9 Å². The number of fused-ring (bicyclic) bond motifs is 1. The lowest BCUT2D eigenvalue weighted by atomic mass is 9.93. The molecule has 3 aromatic rings. The van der Waals surface area contributed by atoms with E-state index in [4.69, 9.17) is 21.8 Å². The summed E-state index contributed by atoms with van der Waals surface area (Å²) in [5.74, 6) is 2.70. The third-order valence-corrected chi connectivity index (χ3v) is 6.37. The molecular weight excluding hydrogens is 396 g/mol. The molecule has 4 heterocycles. The van der Waals surface area contributed by atoms with E-state index in [9.17, 15) is 0 Å². The van der Waals surface area contributed by atoms with Gasteiger partial charge in [0.1, 0.15) is 11.6 Å². The number of hydrogen-bond acceptors (Lipinski definition) is 6. The van der Waals surface area contributed by atoms with Gasteiger partial charge in [0.25, 0.3) is 0 Å². The van der Waals surface area contributed by atoms with Crippen molar-refractivity contribution in [1.82, 2.24) is 15.0 Å². The summed E-state index contributed by atoms with van der Waals surface area (Å²) in [6.45, 7) is 3.69. The van der Waals surface area contributed by atoms with Crippen LogP contribution < -0.4 is 9.80 Å². The molecule has 0 atom stereocenters. The molecule has 2 saturated heterocycles. The third kappa shape index (κ3) is 3.78. The smallest absolute Gasteiger partial charge is 0.150 e. The zero-order valence-electron chi connectivity index (χ0n) is 16.7. The molecule has 1 aromatic carbocycles. The maximum absolute atomic E-state index is 9.14. The van der Waals surface area contributed by atoms with Crippen LogP contribution in [0.4, 0.5) is 11.6 Å². The zero-order chi connectivity index (χ0) is 20.5. The lowest BCUT2D eigenvalue weighted by Crippen LogP contribution is -2.48. The molecule has 0 amide bonds. The minimum Gasteiger partial charge on any atom is -0.356 e. The summed E-state index contributed by atoms with van der Waals surface area (Å²) in [6.07, 6.45) is 6.28. The van der Waals surface area contributed by atoms with Gasteiger partial charge < -0.3 is 9.80 Å². The van der Waals surface area contributed by atoms with E-state index in [-0.39, 0.29) is 5.92 Å². The molecule has 0 unspecified atom stereocenters. The van der Waals surface area contributed by atoms with Crippen molar-refractivity contribution in [2.75, 3.05) is 36.0 Å². The van der Waals surface area contributed by atoms with Crippen molar-refractivity contribution in [2.45, 2.75) is 19.3 Å². The van der Waals surface area contributed by atoms with Crippen LogP contribution in [0.5, 0.6) is 0 Å². The molecule has 0 saturated carbocycles. The number of aromatic nitrogens is 3. The molecule has 0 N–H and O–H groups in total. The first-order valence-corrected chi connectivity index (χ1v) is 10.8. The quantitative estimate of drug-likeness (QED) is 0.635. The maximum atomic E-state index is 9.14. The Hall–Kier alpha value is -2.91. The lowest BCUT2D eigenvalue weighted by Gasteiger charge is -2.40. The van der Waals surface area contributed by atoms with E-state index in [0.29, 0.717) is 10.9 Å². The zero-order valence-corrected chi connectivity index (χ0v) is 17.5. The Kier molecular flexibility index (Phi) is 5.14. The standard InChI is InChI=1S/C23H23ClN6/c24-19-3-1-18-2-4-22(28-20(18)12-19)30-14-17(15-30)11-21-23(27-8-7-26-21)29-9-5-16(13-25)6-10-29/h1-4,7-8,12,16-17H,5-6,9-11,14-15H2. The van der Waals surface area contributed by atoms with E-state index in [1.807, 2.05) is 18.2 Å². The van der Waals surface area contributed by atoms with Gasteiger partial charge in [-0.25, -0.2) is 9.97 Å². The highest BCUT2D eigenvalue weighted by Crippen LogP contribution is 2.30. The first kappa shape index (κ1) is 19.1. The summed E-state index contributed by atoms with van der Waals surface area (Å²) in [4.78, 5) is 18.7. The van der Waals surface area contributed by atoms with E-state index >= 15 is 0 Å². The van der Waals surface area contributed by atoms with Crippen LogP contribution in [0.2, 0.25) is 5.02 Å². The predicted molar refractivity (Wildman–Crippen MR) is 119 cm³/mol. The maximum Gasteiger partial charge on any atom is 0.150 e. The van der Waals surface area contributed by atoms with Crippen molar-refractivity contribution in [2.24, 2.45) is 11.8 Å². The van der Waals surface area contributed by atoms with Crippen LogP contribution in [0.25, 0.3) is 10.9 Å². The molecule has 7 heteroatoms. The van der Waals surface area contributed by atoms with Crippen LogP contribution in [0.3, 0.4) is 0 Å². The molecular formula is C23H23ClN6. The monoisotopic (exact) mass is 418 g/mol. The molecule has 0 aliphatic carbocycles. The van der Waals surface area contributed by atoms with Gasteiger partial charge in [0.2, 0.25) is 0 Å². The van der Waals surface area contributed by atoms with Gasteiger partial charge in [-0.2, -0.15) is 5.26 Å². The van der Waals surface area contributed by atoms with Crippen LogP contribution in [0.15, 0.2) is 42.7 Å². The lowest BCUT2D eigenvalue weighted by molar-refractivity contribution is 0.400. The van der Waals surface area contributed by atoms with Crippen LogP contribution in [0.1, 0.15) is 18.5 Å². The van der Waals surface area contributed by atoms with Gasteiger partial charge in [0, 0.05) is 54.9 Å². The molecule has 2 aliphatic heterocycles. The van der Waals surface area contributed by atoms with E-state index in [1.165, 1.54) is 0 Å². The Morgan fingerprint density at radius 3 is 2.60 bits per heavy atom. The average Bonchev–Trinajstić information content (AvgIpc) is 2.76. The van der Waals surface area contributed by atoms with Crippen molar-refractivity contribution in [3.63, 3.8) is 0 Å². The molecule has 5 rings (SSSR count). The highest BCUT2D eigenvalue weighted by atomic mass is 35.5. The van der Waals surface area contributed by atoms with Crippen molar-refractivity contribution in [3.8, 4) is 6.07 Å². The largest absolute Gasteiger partial charge is 0.356 e.